The van der Waals surface area contributed by atoms with Crippen LogP contribution in [0.3, 0.4) is 0 Å². The SMILES string of the molecule is CN(C)S(=O)(=O)CCNC1CCN(C(=O)OC(C)(C)C)C1. The van der Waals surface area contributed by atoms with Crippen molar-refractivity contribution in [2.45, 2.75) is 38.8 Å². The van der Waals surface area contributed by atoms with Crippen LogP contribution in [0.2, 0.25) is 0 Å². The Morgan fingerprint density at radius 3 is 2.52 bits per heavy atom. The van der Waals surface area contributed by atoms with E-state index in [1.165, 1.54) is 18.4 Å². The average molecular weight is 321 g/mol. The van der Waals surface area contributed by atoms with Gasteiger partial charge in [0.1, 0.15) is 5.60 Å². The van der Waals surface area contributed by atoms with Crippen molar-refractivity contribution in [1.82, 2.24) is 14.5 Å². The molecule has 1 heterocycles. The summed E-state index contributed by atoms with van der Waals surface area (Å²) in [5.74, 6) is 0.0585. The molecule has 8 heteroatoms. The van der Waals surface area contributed by atoms with Crippen LogP contribution in [-0.4, -0.2) is 74.8 Å². The smallest absolute Gasteiger partial charge is 0.410 e. The Hall–Kier alpha value is -0.860. The maximum Gasteiger partial charge on any atom is 0.410 e. The Labute approximate surface area is 127 Å². The minimum Gasteiger partial charge on any atom is -0.444 e. The van der Waals surface area contributed by atoms with E-state index < -0.39 is 15.6 Å². The summed E-state index contributed by atoms with van der Waals surface area (Å²) in [4.78, 5) is 13.6. The van der Waals surface area contributed by atoms with Crippen LogP contribution in [0.25, 0.3) is 0 Å². The van der Waals surface area contributed by atoms with Crippen LogP contribution in [0.1, 0.15) is 27.2 Å². The summed E-state index contributed by atoms with van der Waals surface area (Å²) in [6, 6.07) is 0.120. The van der Waals surface area contributed by atoms with Crippen molar-refractivity contribution in [2.75, 3.05) is 39.5 Å². The molecule has 0 aromatic carbocycles. The van der Waals surface area contributed by atoms with Crippen LogP contribution in [0.15, 0.2) is 0 Å². The van der Waals surface area contributed by atoms with Gasteiger partial charge in [0.05, 0.1) is 5.75 Å². The normalized spacial score (nSPS) is 20.1. The van der Waals surface area contributed by atoms with E-state index >= 15 is 0 Å². The highest BCUT2D eigenvalue weighted by Gasteiger charge is 2.29. The van der Waals surface area contributed by atoms with Crippen LogP contribution in [0, 0.1) is 0 Å². The fourth-order valence-corrected chi connectivity index (χ4v) is 2.73. The lowest BCUT2D eigenvalue weighted by atomic mass is 10.2. The van der Waals surface area contributed by atoms with E-state index in [4.69, 9.17) is 4.74 Å². The number of ether oxygens (including phenoxy) is 1. The molecule has 7 nitrogen and oxygen atoms in total. The zero-order valence-corrected chi connectivity index (χ0v) is 14.4. The highest BCUT2D eigenvalue weighted by atomic mass is 32.2. The summed E-state index contributed by atoms with van der Waals surface area (Å²) < 4.78 is 29.8. The average Bonchev–Trinajstić information content (AvgIpc) is 2.75. The van der Waals surface area contributed by atoms with E-state index in [0.717, 1.165) is 6.42 Å². The molecule has 124 valence electrons. The Bertz CT molecular complexity index is 457. The van der Waals surface area contributed by atoms with E-state index in [2.05, 4.69) is 5.32 Å². The first-order valence-electron chi connectivity index (χ1n) is 7.13. The maximum absolute atomic E-state index is 11.9. The highest BCUT2D eigenvalue weighted by molar-refractivity contribution is 7.89. The first-order valence-corrected chi connectivity index (χ1v) is 8.74. The Morgan fingerprint density at radius 1 is 1.38 bits per heavy atom. The summed E-state index contributed by atoms with van der Waals surface area (Å²) in [6.45, 7) is 7.08. The van der Waals surface area contributed by atoms with Gasteiger partial charge in [0, 0.05) is 39.8 Å². The van der Waals surface area contributed by atoms with Crippen molar-refractivity contribution >= 4 is 16.1 Å². The maximum atomic E-state index is 11.9. The molecule has 0 spiro atoms. The van der Waals surface area contributed by atoms with Crippen LogP contribution in [0.5, 0.6) is 0 Å². The molecule has 1 aliphatic heterocycles. The lowest BCUT2D eigenvalue weighted by molar-refractivity contribution is 0.0291. The van der Waals surface area contributed by atoms with Crippen molar-refractivity contribution in [3.05, 3.63) is 0 Å². The monoisotopic (exact) mass is 321 g/mol. The molecule has 1 rings (SSSR count). The fraction of sp³-hybridized carbons (Fsp3) is 0.923. The first-order chi connectivity index (χ1) is 9.51. The van der Waals surface area contributed by atoms with E-state index in [1.807, 2.05) is 20.8 Å². The zero-order chi connectivity index (χ0) is 16.3. The molecule has 0 aliphatic carbocycles. The third-order valence-electron chi connectivity index (χ3n) is 3.19. The summed E-state index contributed by atoms with van der Waals surface area (Å²) in [6.07, 6.45) is 0.494. The number of amides is 1. The third-order valence-corrected chi connectivity index (χ3v) is 5.02. The molecular weight excluding hydrogens is 294 g/mol. The molecule has 1 atom stereocenters. The molecule has 0 aromatic heterocycles. The Morgan fingerprint density at radius 2 is 2.00 bits per heavy atom. The number of carbonyl (C=O) groups excluding carboxylic acids is 1. The third kappa shape index (κ3) is 6.19. The molecule has 1 saturated heterocycles. The fourth-order valence-electron chi connectivity index (χ4n) is 1.99. The minimum atomic E-state index is -3.18. The van der Waals surface area contributed by atoms with Gasteiger partial charge in [-0.3, -0.25) is 0 Å². The summed E-state index contributed by atoms with van der Waals surface area (Å²) in [5, 5.41) is 3.18. The van der Waals surface area contributed by atoms with E-state index in [9.17, 15) is 13.2 Å². The molecule has 1 amide bonds. The van der Waals surface area contributed by atoms with Gasteiger partial charge in [-0.2, -0.15) is 0 Å². The van der Waals surface area contributed by atoms with E-state index in [1.54, 1.807) is 4.90 Å². The highest BCUT2D eigenvalue weighted by Crippen LogP contribution is 2.15. The van der Waals surface area contributed by atoms with Crippen LogP contribution >= 0.6 is 0 Å². The van der Waals surface area contributed by atoms with Crippen molar-refractivity contribution in [3.63, 3.8) is 0 Å². The quantitative estimate of drug-likeness (QED) is 0.797. The Kier molecular flexibility index (Phi) is 6.01. The van der Waals surface area contributed by atoms with Gasteiger partial charge in [0.15, 0.2) is 0 Å². The largest absolute Gasteiger partial charge is 0.444 e. The first kappa shape index (κ1) is 18.2. The lowest BCUT2D eigenvalue weighted by Gasteiger charge is -2.24. The van der Waals surface area contributed by atoms with E-state index in [0.29, 0.717) is 19.6 Å². The molecule has 1 aliphatic rings. The van der Waals surface area contributed by atoms with Gasteiger partial charge in [-0.15, -0.1) is 0 Å². The number of likely N-dealkylation sites (tertiary alicyclic amines) is 1. The van der Waals surface area contributed by atoms with Crippen LogP contribution < -0.4 is 5.32 Å². The molecule has 1 N–H and O–H groups in total. The molecule has 0 saturated carbocycles. The Balaban J connectivity index is 2.34. The number of carbonyl (C=O) groups is 1. The van der Waals surface area contributed by atoms with Gasteiger partial charge >= 0.3 is 6.09 Å². The topological polar surface area (TPSA) is 79.0 Å². The number of hydrogen-bond donors (Lipinski definition) is 1. The second-order valence-corrected chi connectivity index (χ2v) is 8.77. The van der Waals surface area contributed by atoms with Crippen molar-refractivity contribution in [3.8, 4) is 0 Å². The molecule has 21 heavy (non-hydrogen) atoms. The molecule has 0 aromatic rings. The predicted molar refractivity (Wildman–Crippen MR) is 81.7 cm³/mol. The second-order valence-electron chi connectivity index (χ2n) is 6.46. The molecule has 1 fully saturated rings. The van der Waals surface area contributed by atoms with Gasteiger partial charge in [0.25, 0.3) is 0 Å². The number of nitrogens with zero attached hydrogens (tertiary/aromatic N) is 2. The minimum absolute atomic E-state index is 0.0585. The number of hydrogen-bond acceptors (Lipinski definition) is 5. The zero-order valence-electron chi connectivity index (χ0n) is 13.5. The molecular formula is C13H27N3O4S. The summed E-state index contributed by atoms with van der Waals surface area (Å²) in [5.41, 5.74) is -0.498. The lowest BCUT2D eigenvalue weighted by Crippen LogP contribution is -2.40. The number of rotatable bonds is 5. The van der Waals surface area contributed by atoms with Gasteiger partial charge in [0.2, 0.25) is 10.0 Å². The second kappa shape index (κ2) is 6.93. The van der Waals surface area contributed by atoms with Crippen molar-refractivity contribution in [2.24, 2.45) is 0 Å². The number of nitrogens with one attached hydrogen (secondary N) is 1. The van der Waals surface area contributed by atoms with Gasteiger partial charge in [-0.25, -0.2) is 17.5 Å². The standard InChI is InChI=1S/C13H27N3O4S/c1-13(2,3)20-12(17)16-8-6-11(10-16)14-7-9-21(18,19)15(4)5/h11,14H,6-10H2,1-5H3. The predicted octanol–water partition coefficient (Wildman–Crippen LogP) is 0.477. The number of sulfonamides is 1. The van der Waals surface area contributed by atoms with Crippen molar-refractivity contribution in [1.29, 1.82) is 0 Å². The molecule has 1 unspecified atom stereocenters. The molecule has 0 bridgehead atoms. The van der Waals surface area contributed by atoms with Gasteiger partial charge < -0.3 is 15.0 Å². The van der Waals surface area contributed by atoms with Crippen LogP contribution in [-0.2, 0) is 14.8 Å². The summed E-state index contributed by atoms with van der Waals surface area (Å²) >= 11 is 0. The van der Waals surface area contributed by atoms with Gasteiger partial charge in [-0.1, -0.05) is 0 Å². The van der Waals surface area contributed by atoms with Gasteiger partial charge in [-0.05, 0) is 27.2 Å². The van der Waals surface area contributed by atoms with E-state index in [-0.39, 0.29) is 17.9 Å². The molecule has 0 radical (unpaired) electrons. The van der Waals surface area contributed by atoms with Crippen LogP contribution in [0.4, 0.5) is 4.79 Å². The summed E-state index contributed by atoms with van der Waals surface area (Å²) in [7, 11) is -0.132. The van der Waals surface area contributed by atoms with Crippen molar-refractivity contribution < 1.29 is 17.9 Å².